The van der Waals surface area contributed by atoms with Crippen LogP contribution in [0.2, 0.25) is 0 Å². The molecule has 1 N–H and O–H groups in total. The van der Waals surface area contributed by atoms with E-state index in [4.69, 9.17) is 12.2 Å². The number of hydrogen-bond donors (Lipinski definition) is 1. The molecule has 2 nitrogen and oxygen atoms in total. The lowest BCUT2D eigenvalue weighted by Crippen LogP contribution is -2.10. The van der Waals surface area contributed by atoms with Crippen molar-refractivity contribution in [3.8, 4) is 27.3 Å². The summed E-state index contributed by atoms with van der Waals surface area (Å²) in [6, 6.07) is 16.1. The molecule has 1 heterocycles. The molecule has 0 fully saturated rings. The molecule has 0 radical (unpaired) electrons. The first-order valence-electron chi connectivity index (χ1n) is 7.22. The Hall–Kier alpha value is -1.53. The molecular weight excluding hydrogens is 342 g/mol. The zero-order chi connectivity index (χ0) is 16.4. The molecule has 3 aromatic rings. The van der Waals surface area contributed by atoms with E-state index < -0.39 is 0 Å². The van der Waals surface area contributed by atoms with Crippen molar-refractivity contribution in [2.75, 3.05) is 14.1 Å². The molecule has 118 valence electrons. The number of hydrogen-bond acceptors (Lipinski definition) is 5. The summed E-state index contributed by atoms with van der Waals surface area (Å²) in [5.41, 5.74) is 4.30. The van der Waals surface area contributed by atoms with E-state index in [2.05, 4.69) is 18.2 Å². The van der Waals surface area contributed by atoms with Crippen LogP contribution in [0.3, 0.4) is 0 Å². The minimum absolute atomic E-state index is 0.336. The maximum atomic E-state index is 10.1. The molecule has 0 unspecified atom stereocenters. The number of phenolic OH excluding ortho intramolecular Hbond substituents is 1. The van der Waals surface area contributed by atoms with E-state index in [1.54, 1.807) is 26.7 Å². The van der Waals surface area contributed by atoms with Gasteiger partial charge in [0.15, 0.2) is 0 Å². The van der Waals surface area contributed by atoms with Gasteiger partial charge in [-0.25, -0.2) is 0 Å². The van der Waals surface area contributed by atoms with Gasteiger partial charge in [0.2, 0.25) is 0 Å². The van der Waals surface area contributed by atoms with Crippen molar-refractivity contribution >= 4 is 32.9 Å². The van der Waals surface area contributed by atoms with Crippen molar-refractivity contribution in [2.24, 2.45) is 0 Å². The molecule has 0 spiro atoms. The van der Waals surface area contributed by atoms with Crippen LogP contribution < -0.4 is 0 Å². The zero-order valence-electron chi connectivity index (χ0n) is 12.9. The highest BCUT2D eigenvalue weighted by Gasteiger charge is 2.14. The van der Waals surface area contributed by atoms with Crippen LogP contribution >= 0.6 is 32.9 Å². The molecule has 0 atom stereocenters. The lowest BCUT2D eigenvalue weighted by molar-refractivity contribution is 0.386. The summed E-state index contributed by atoms with van der Waals surface area (Å²) in [6.45, 7) is 0.704. The number of rotatable bonds is 4. The molecular formula is C18H17NOS3. The maximum absolute atomic E-state index is 10.1. The van der Waals surface area contributed by atoms with E-state index in [1.807, 2.05) is 43.3 Å². The Bertz CT molecular complexity index is 865. The predicted molar refractivity (Wildman–Crippen MR) is 103 cm³/mol. The monoisotopic (exact) mass is 359 g/mol. The van der Waals surface area contributed by atoms with Crippen LogP contribution in [-0.4, -0.2) is 24.1 Å². The van der Waals surface area contributed by atoms with Gasteiger partial charge in [-0.3, -0.25) is 0 Å². The Morgan fingerprint density at radius 1 is 1.00 bits per heavy atom. The number of phenols is 1. The quantitative estimate of drug-likeness (QED) is 0.482. The summed E-state index contributed by atoms with van der Waals surface area (Å²) >= 11 is 5.55. The fraction of sp³-hybridized carbons (Fsp3) is 0.167. The van der Waals surface area contributed by atoms with E-state index in [1.165, 1.54) is 4.88 Å². The minimum atomic E-state index is 0.336. The standard InChI is InChI=1S/C18H17NOS3/c1-19(2)11-14-10-13(8-9-15(14)20)17-16(18(21)23-22-17)12-6-4-3-5-7-12/h3-10,20H,11H2,1-2H3. The van der Waals surface area contributed by atoms with Crippen molar-refractivity contribution in [3.05, 3.63) is 57.9 Å². The summed E-state index contributed by atoms with van der Waals surface area (Å²) in [7, 11) is 7.32. The van der Waals surface area contributed by atoms with Crippen molar-refractivity contribution in [3.63, 3.8) is 0 Å². The van der Waals surface area contributed by atoms with Crippen LogP contribution in [0.25, 0.3) is 21.6 Å². The van der Waals surface area contributed by atoms with Crippen LogP contribution in [-0.2, 0) is 6.54 Å². The van der Waals surface area contributed by atoms with Gasteiger partial charge in [-0.15, -0.1) is 0 Å². The van der Waals surface area contributed by atoms with Crippen LogP contribution in [0.5, 0.6) is 5.75 Å². The first-order chi connectivity index (χ1) is 11.1. The smallest absolute Gasteiger partial charge is 0.120 e. The summed E-state index contributed by atoms with van der Waals surface area (Å²) in [5, 5.41) is 10.1. The molecule has 0 aliphatic heterocycles. The topological polar surface area (TPSA) is 23.5 Å². The van der Waals surface area contributed by atoms with Crippen LogP contribution in [0, 0.1) is 3.82 Å². The van der Waals surface area contributed by atoms with Gasteiger partial charge in [0.1, 0.15) is 9.57 Å². The average molecular weight is 360 g/mol. The summed E-state index contributed by atoms with van der Waals surface area (Å²) in [5.74, 6) is 0.336. The van der Waals surface area contributed by atoms with Gasteiger partial charge in [0.25, 0.3) is 0 Å². The lowest BCUT2D eigenvalue weighted by Gasteiger charge is -2.13. The highest BCUT2D eigenvalue weighted by molar-refractivity contribution is 7.80. The summed E-state index contributed by atoms with van der Waals surface area (Å²) in [6.07, 6.45) is 0. The Kier molecular flexibility index (Phi) is 4.92. The average Bonchev–Trinajstić information content (AvgIpc) is 2.91. The SMILES string of the molecule is CN(C)Cc1cc(-c2ssc(=S)c2-c2ccccc2)ccc1O. The summed E-state index contributed by atoms with van der Waals surface area (Å²) in [4.78, 5) is 3.22. The second-order valence-corrected chi connectivity index (χ2v) is 8.42. The molecule has 5 heteroatoms. The van der Waals surface area contributed by atoms with Gasteiger partial charge in [-0.05, 0) is 43.4 Å². The molecule has 0 bridgehead atoms. The van der Waals surface area contributed by atoms with E-state index in [-0.39, 0.29) is 0 Å². The van der Waals surface area contributed by atoms with E-state index in [0.717, 1.165) is 26.1 Å². The summed E-state index contributed by atoms with van der Waals surface area (Å²) < 4.78 is 0.915. The van der Waals surface area contributed by atoms with Gasteiger partial charge in [0, 0.05) is 17.7 Å². The minimum Gasteiger partial charge on any atom is -0.508 e. The van der Waals surface area contributed by atoms with Gasteiger partial charge < -0.3 is 10.0 Å². The molecule has 23 heavy (non-hydrogen) atoms. The largest absolute Gasteiger partial charge is 0.508 e. The van der Waals surface area contributed by atoms with Gasteiger partial charge >= 0.3 is 0 Å². The Morgan fingerprint density at radius 3 is 2.43 bits per heavy atom. The van der Waals surface area contributed by atoms with Gasteiger partial charge in [0.05, 0.1) is 4.88 Å². The molecule has 2 aromatic carbocycles. The molecule has 3 rings (SSSR count). The Balaban J connectivity index is 2.12. The molecule has 0 saturated carbocycles. The molecule has 0 amide bonds. The lowest BCUT2D eigenvalue weighted by atomic mass is 10.0. The molecule has 0 aliphatic carbocycles. The first kappa shape index (κ1) is 16.3. The molecule has 1 aromatic heterocycles. The van der Waals surface area contributed by atoms with Crippen LogP contribution in [0.4, 0.5) is 0 Å². The third kappa shape index (κ3) is 3.53. The van der Waals surface area contributed by atoms with E-state index >= 15 is 0 Å². The number of nitrogens with zero attached hydrogens (tertiary/aromatic N) is 1. The first-order valence-corrected chi connectivity index (χ1v) is 9.77. The zero-order valence-corrected chi connectivity index (χ0v) is 15.4. The maximum Gasteiger partial charge on any atom is 0.120 e. The van der Waals surface area contributed by atoms with Crippen LogP contribution in [0.1, 0.15) is 5.56 Å². The van der Waals surface area contributed by atoms with Gasteiger partial charge in [-0.1, -0.05) is 63.2 Å². The van der Waals surface area contributed by atoms with E-state index in [9.17, 15) is 5.11 Å². The third-order valence-electron chi connectivity index (χ3n) is 3.52. The van der Waals surface area contributed by atoms with Crippen molar-refractivity contribution in [2.45, 2.75) is 6.54 Å². The molecule has 0 saturated heterocycles. The third-order valence-corrected chi connectivity index (χ3v) is 6.59. The van der Waals surface area contributed by atoms with Crippen LogP contribution in [0.15, 0.2) is 48.5 Å². The van der Waals surface area contributed by atoms with Crippen molar-refractivity contribution in [1.82, 2.24) is 4.90 Å². The second kappa shape index (κ2) is 6.93. The number of benzene rings is 2. The highest BCUT2D eigenvalue weighted by Crippen LogP contribution is 2.42. The molecule has 0 aliphatic rings. The highest BCUT2D eigenvalue weighted by atomic mass is 32.9. The normalized spacial score (nSPS) is 11.1. The second-order valence-electron chi connectivity index (χ2n) is 5.61. The van der Waals surface area contributed by atoms with E-state index in [0.29, 0.717) is 12.3 Å². The fourth-order valence-electron chi connectivity index (χ4n) is 2.50. The van der Waals surface area contributed by atoms with Crippen molar-refractivity contribution in [1.29, 1.82) is 0 Å². The number of aromatic hydroxyl groups is 1. The fourth-order valence-corrected chi connectivity index (χ4v) is 5.41. The Morgan fingerprint density at radius 2 is 1.74 bits per heavy atom. The van der Waals surface area contributed by atoms with Crippen molar-refractivity contribution < 1.29 is 5.11 Å². The Labute approximate surface area is 148 Å². The predicted octanol–water partition coefficient (Wildman–Crippen LogP) is 5.64. The van der Waals surface area contributed by atoms with Gasteiger partial charge in [-0.2, -0.15) is 0 Å².